The molecule has 6 nitrogen and oxygen atoms in total. The third-order valence-corrected chi connectivity index (χ3v) is 2.52. The number of rotatable bonds is 13. The van der Waals surface area contributed by atoms with Crippen molar-refractivity contribution in [1.82, 2.24) is 5.32 Å². The molecule has 106 valence electrons. The van der Waals surface area contributed by atoms with E-state index in [1.165, 1.54) is 0 Å². The molecular weight excluding hydrogens is 351 g/mol. The Balaban J connectivity index is 2.98. The summed E-state index contributed by atoms with van der Waals surface area (Å²) in [5.41, 5.74) is 0. The Labute approximate surface area is 122 Å². The number of halogens is 1. The smallest absolute Gasteiger partial charge is 0.229 e. The molecule has 0 aliphatic heterocycles. The Morgan fingerprint density at radius 1 is 1.06 bits per heavy atom. The maximum Gasteiger partial charge on any atom is 0.229 e. The van der Waals surface area contributed by atoms with E-state index in [4.69, 9.17) is 14.2 Å². The second-order valence-electron chi connectivity index (χ2n) is 3.27. The summed E-state index contributed by atoms with van der Waals surface area (Å²) in [5.74, 6) is 0.0293. The van der Waals surface area contributed by atoms with Crippen molar-refractivity contribution in [2.24, 2.45) is 4.99 Å². The zero-order valence-corrected chi connectivity index (χ0v) is 12.7. The summed E-state index contributed by atoms with van der Waals surface area (Å²) in [4.78, 5) is 14.5. The molecule has 0 saturated carbocycles. The molecule has 0 spiro atoms. The molecule has 0 aromatic carbocycles. The number of nitrogens with one attached hydrogen (secondary N) is 1. The van der Waals surface area contributed by atoms with Gasteiger partial charge in [-0.05, 0) is 6.72 Å². The van der Waals surface area contributed by atoms with Gasteiger partial charge in [-0.15, -0.1) is 0 Å². The molecule has 0 unspecified atom stereocenters. The van der Waals surface area contributed by atoms with Gasteiger partial charge < -0.3 is 19.5 Å². The van der Waals surface area contributed by atoms with Crippen LogP contribution in [-0.2, 0) is 19.0 Å². The van der Waals surface area contributed by atoms with Crippen LogP contribution in [0.15, 0.2) is 4.99 Å². The van der Waals surface area contributed by atoms with Crippen LogP contribution in [0, 0.1) is 0 Å². The van der Waals surface area contributed by atoms with Gasteiger partial charge >= 0.3 is 0 Å². The molecule has 0 aliphatic carbocycles. The second-order valence-corrected chi connectivity index (χ2v) is 4.03. The van der Waals surface area contributed by atoms with E-state index in [1.54, 1.807) is 0 Å². The van der Waals surface area contributed by atoms with E-state index in [2.05, 4.69) is 17.0 Å². The average Bonchev–Trinajstić information content (AvgIpc) is 2.39. The molecule has 0 radical (unpaired) electrons. The largest absolute Gasteiger partial charge is 0.377 e. The van der Waals surface area contributed by atoms with Crippen LogP contribution in [0.25, 0.3) is 0 Å². The van der Waals surface area contributed by atoms with Gasteiger partial charge in [0.05, 0.1) is 50.6 Å². The number of nitrogens with zero attached hydrogens (tertiary/aromatic N) is 1. The van der Waals surface area contributed by atoms with Gasteiger partial charge in [0.1, 0.15) is 0 Å². The number of ether oxygens (including phenoxy) is 3. The first-order valence-corrected chi connectivity index (χ1v) is 7.32. The summed E-state index contributed by atoms with van der Waals surface area (Å²) >= 11 is 2.01. The quantitative estimate of drug-likeness (QED) is 0.218. The summed E-state index contributed by atoms with van der Waals surface area (Å²) in [6.07, 6.45) is 0. The molecule has 0 rings (SSSR count). The lowest BCUT2D eigenvalue weighted by atomic mass is 10.6. The molecule has 7 heteroatoms. The minimum absolute atomic E-state index is 0.0293. The Hall–Kier alpha value is -0.250. The van der Waals surface area contributed by atoms with E-state index >= 15 is 0 Å². The fourth-order valence-electron chi connectivity index (χ4n) is 0.981. The first-order valence-electron chi connectivity index (χ1n) is 5.79. The number of alkyl halides is 1. The van der Waals surface area contributed by atoms with E-state index in [0.29, 0.717) is 57.2 Å². The fourth-order valence-corrected chi connectivity index (χ4v) is 1.25. The Bertz CT molecular complexity index is 217. The maximum absolute atomic E-state index is 10.9. The van der Waals surface area contributed by atoms with Crippen LogP contribution in [0.1, 0.15) is 0 Å². The van der Waals surface area contributed by atoms with Crippen molar-refractivity contribution >= 4 is 35.2 Å². The molecule has 0 aliphatic rings. The van der Waals surface area contributed by atoms with E-state index in [9.17, 15) is 4.79 Å². The van der Waals surface area contributed by atoms with Crippen molar-refractivity contribution in [2.75, 3.05) is 57.2 Å². The SMILES string of the molecule is C=NCCOCCOCCOCCNC(=O)CI. The maximum atomic E-state index is 10.9. The van der Waals surface area contributed by atoms with Crippen LogP contribution in [0.2, 0.25) is 0 Å². The summed E-state index contributed by atoms with van der Waals surface area (Å²) < 4.78 is 16.2. The van der Waals surface area contributed by atoms with E-state index in [-0.39, 0.29) is 5.91 Å². The summed E-state index contributed by atoms with van der Waals surface area (Å²) in [5, 5.41) is 2.72. The molecular formula is C11H21IN2O4. The molecule has 0 aromatic heterocycles. The predicted molar refractivity (Wildman–Crippen MR) is 78.8 cm³/mol. The lowest BCUT2D eigenvalue weighted by Gasteiger charge is -2.06. The highest BCUT2D eigenvalue weighted by Gasteiger charge is 1.96. The Kier molecular flexibility index (Phi) is 14.6. The van der Waals surface area contributed by atoms with Crippen molar-refractivity contribution in [3.63, 3.8) is 0 Å². The molecule has 0 aromatic rings. The first kappa shape index (κ1) is 17.8. The number of aliphatic imine (C=N–C) groups is 1. The number of carbonyl (C=O) groups is 1. The number of hydrogen-bond donors (Lipinski definition) is 1. The summed E-state index contributed by atoms with van der Waals surface area (Å²) in [6, 6.07) is 0. The first-order chi connectivity index (χ1) is 8.81. The van der Waals surface area contributed by atoms with Crippen LogP contribution in [0.5, 0.6) is 0 Å². The van der Waals surface area contributed by atoms with Gasteiger partial charge in [0, 0.05) is 6.54 Å². The van der Waals surface area contributed by atoms with Crippen molar-refractivity contribution in [3.05, 3.63) is 0 Å². The van der Waals surface area contributed by atoms with E-state index in [0.717, 1.165) is 0 Å². The van der Waals surface area contributed by atoms with Crippen LogP contribution >= 0.6 is 22.6 Å². The molecule has 1 N–H and O–H groups in total. The Morgan fingerprint density at radius 2 is 1.61 bits per heavy atom. The summed E-state index contributed by atoms with van der Waals surface area (Å²) in [7, 11) is 0. The highest BCUT2D eigenvalue weighted by Crippen LogP contribution is 1.82. The monoisotopic (exact) mass is 372 g/mol. The third kappa shape index (κ3) is 13.8. The number of hydrogen-bond acceptors (Lipinski definition) is 5. The zero-order chi connectivity index (χ0) is 13.5. The molecule has 18 heavy (non-hydrogen) atoms. The number of carbonyl (C=O) groups excluding carboxylic acids is 1. The van der Waals surface area contributed by atoms with Gasteiger partial charge in [0.15, 0.2) is 0 Å². The van der Waals surface area contributed by atoms with Gasteiger partial charge in [-0.2, -0.15) is 0 Å². The van der Waals surface area contributed by atoms with E-state index < -0.39 is 0 Å². The van der Waals surface area contributed by atoms with Gasteiger partial charge in [0.2, 0.25) is 5.91 Å². The molecule has 0 fully saturated rings. The zero-order valence-electron chi connectivity index (χ0n) is 10.5. The molecule has 0 saturated heterocycles. The van der Waals surface area contributed by atoms with Crippen molar-refractivity contribution < 1.29 is 19.0 Å². The number of amides is 1. The normalized spacial score (nSPS) is 10.3. The van der Waals surface area contributed by atoms with Crippen molar-refractivity contribution in [1.29, 1.82) is 0 Å². The van der Waals surface area contributed by atoms with Crippen LogP contribution in [0.4, 0.5) is 0 Å². The third-order valence-electron chi connectivity index (χ3n) is 1.83. The van der Waals surface area contributed by atoms with E-state index in [1.807, 2.05) is 22.6 Å². The fraction of sp³-hybridized carbons (Fsp3) is 0.818. The van der Waals surface area contributed by atoms with Gasteiger partial charge in [0.25, 0.3) is 0 Å². The topological polar surface area (TPSA) is 69.2 Å². The highest BCUT2D eigenvalue weighted by molar-refractivity contribution is 14.1. The van der Waals surface area contributed by atoms with Gasteiger partial charge in [-0.3, -0.25) is 9.79 Å². The van der Waals surface area contributed by atoms with Crippen LogP contribution in [-0.4, -0.2) is 69.8 Å². The lowest BCUT2D eigenvalue weighted by molar-refractivity contribution is -0.118. The molecule has 1 amide bonds. The molecule has 0 bridgehead atoms. The summed E-state index contributed by atoms with van der Waals surface area (Å²) in [6.45, 7) is 7.76. The molecule has 0 heterocycles. The van der Waals surface area contributed by atoms with Crippen LogP contribution < -0.4 is 5.32 Å². The average molecular weight is 372 g/mol. The molecule has 0 atom stereocenters. The van der Waals surface area contributed by atoms with Crippen molar-refractivity contribution in [3.8, 4) is 0 Å². The minimum Gasteiger partial charge on any atom is -0.377 e. The second kappa shape index (κ2) is 14.8. The van der Waals surface area contributed by atoms with Crippen molar-refractivity contribution in [2.45, 2.75) is 0 Å². The highest BCUT2D eigenvalue weighted by atomic mass is 127. The van der Waals surface area contributed by atoms with Gasteiger partial charge in [-0.25, -0.2) is 0 Å². The Morgan fingerprint density at radius 3 is 2.17 bits per heavy atom. The van der Waals surface area contributed by atoms with Gasteiger partial charge in [-0.1, -0.05) is 22.6 Å². The standard InChI is InChI=1S/C11H21IN2O4/c1-13-2-4-16-6-8-18-9-7-17-5-3-14-11(15)10-12/h1-10H2,(H,14,15). The van der Waals surface area contributed by atoms with Crippen LogP contribution in [0.3, 0.4) is 0 Å². The lowest BCUT2D eigenvalue weighted by Crippen LogP contribution is -2.28. The predicted octanol–water partition coefficient (Wildman–Crippen LogP) is 0.288. The minimum atomic E-state index is 0.0293.